The average molecular weight is 418 g/mol. The number of likely N-dealkylation sites (tertiary alicyclic amines) is 1. The summed E-state index contributed by atoms with van der Waals surface area (Å²) in [5, 5.41) is 2.32. The number of hydrogen-bond donors (Lipinski definition) is 0. The Labute approximate surface area is 181 Å². The van der Waals surface area contributed by atoms with Gasteiger partial charge in [0.15, 0.2) is 0 Å². The van der Waals surface area contributed by atoms with E-state index in [0.717, 1.165) is 33.5 Å². The van der Waals surface area contributed by atoms with Gasteiger partial charge in [-0.1, -0.05) is 18.2 Å². The van der Waals surface area contributed by atoms with Crippen LogP contribution in [0.5, 0.6) is 5.75 Å². The number of aromatic nitrogens is 1. The highest BCUT2D eigenvalue weighted by Gasteiger charge is 2.42. The topological polar surface area (TPSA) is 60.9 Å². The predicted molar refractivity (Wildman–Crippen MR) is 118 cm³/mol. The molecule has 1 saturated heterocycles. The Kier molecular flexibility index (Phi) is 5.02. The number of carbonyl (C=O) groups excluding carboxylic acids is 1. The van der Waals surface area contributed by atoms with Crippen LogP contribution in [0.4, 0.5) is 4.79 Å². The van der Waals surface area contributed by atoms with E-state index < -0.39 is 5.79 Å². The molecule has 1 spiro atoms. The van der Waals surface area contributed by atoms with Crippen LogP contribution in [0.15, 0.2) is 48.7 Å². The largest absolute Gasteiger partial charge is 0.462 e. The second-order valence-corrected chi connectivity index (χ2v) is 8.20. The van der Waals surface area contributed by atoms with E-state index in [2.05, 4.69) is 41.4 Å². The first-order valence-electron chi connectivity index (χ1n) is 10.8. The number of amides is 1. The van der Waals surface area contributed by atoms with Crippen molar-refractivity contribution < 1.29 is 19.0 Å². The van der Waals surface area contributed by atoms with E-state index in [-0.39, 0.29) is 6.09 Å². The molecule has 160 valence electrons. The maximum absolute atomic E-state index is 12.0. The van der Waals surface area contributed by atoms with E-state index in [9.17, 15) is 4.79 Å². The van der Waals surface area contributed by atoms with Crippen molar-refractivity contribution in [3.63, 3.8) is 0 Å². The molecule has 6 nitrogen and oxygen atoms in total. The lowest BCUT2D eigenvalue weighted by atomic mass is 9.98. The Morgan fingerprint density at radius 2 is 1.87 bits per heavy atom. The van der Waals surface area contributed by atoms with Crippen molar-refractivity contribution in [1.82, 2.24) is 9.88 Å². The van der Waals surface area contributed by atoms with Crippen LogP contribution in [0.25, 0.3) is 21.9 Å². The summed E-state index contributed by atoms with van der Waals surface area (Å²) < 4.78 is 17.6. The first-order valence-corrected chi connectivity index (χ1v) is 10.8. The fraction of sp³-hybridized carbons (Fsp3) is 0.360. The molecular formula is C25H26N2O4. The van der Waals surface area contributed by atoms with Gasteiger partial charge in [-0.15, -0.1) is 0 Å². The lowest BCUT2D eigenvalue weighted by molar-refractivity contribution is -0.226. The summed E-state index contributed by atoms with van der Waals surface area (Å²) >= 11 is 0. The molecule has 1 fully saturated rings. The van der Waals surface area contributed by atoms with Crippen LogP contribution < -0.4 is 4.74 Å². The van der Waals surface area contributed by atoms with E-state index in [1.807, 2.05) is 26.1 Å². The van der Waals surface area contributed by atoms with Crippen LogP contribution in [-0.2, 0) is 16.1 Å². The number of carbonyl (C=O) groups is 1. The van der Waals surface area contributed by atoms with Gasteiger partial charge in [0.25, 0.3) is 0 Å². The van der Waals surface area contributed by atoms with Crippen LogP contribution in [0, 0.1) is 6.92 Å². The molecule has 0 atom stereocenters. The number of hydrogen-bond acceptors (Lipinski definition) is 5. The number of aryl methyl sites for hydroxylation is 1. The van der Waals surface area contributed by atoms with E-state index in [4.69, 9.17) is 14.2 Å². The van der Waals surface area contributed by atoms with E-state index in [1.54, 1.807) is 4.90 Å². The average Bonchev–Trinajstić information content (AvgIpc) is 2.79. The van der Waals surface area contributed by atoms with Gasteiger partial charge in [0.1, 0.15) is 5.75 Å². The van der Waals surface area contributed by atoms with Crippen molar-refractivity contribution in [2.24, 2.45) is 0 Å². The predicted octanol–water partition coefficient (Wildman–Crippen LogP) is 5.07. The molecule has 3 heterocycles. The molecule has 2 aliphatic heterocycles. The first-order chi connectivity index (χ1) is 15.0. The summed E-state index contributed by atoms with van der Waals surface area (Å²) in [6.45, 7) is 5.84. The maximum atomic E-state index is 12.0. The minimum Gasteiger partial charge on any atom is -0.462 e. The maximum Gasteiger partial charge on any atom is 0.409 e. The zero-order chi connectivity index (χ0) is 21.4. The Hall–Kier alpha value is -3.12. The quantitative estimate of drug-likeness (QED) is 0.582. The normalized spacial score (nSPS) is 17.3. The molecule has 6 heteroatoms. The fourth-order valence-corrected chi connectivity index (χ4v) is 4.33. The monoisotopic (exact) mass is 418 g/mol. The molecule has 1 aromatic heterocycles. The standard InChI is InChI=1S/C25H26N2O4/c1-3-29-24(28)27-10-8-25(9-11-27)30-16-22-14-19(6-7-23(22)31-25)18-4-5-20-15-26-17(2)12-21(20)13-18/h4-7,12-15H,3,8-11,16H2,1-2H3. The summed E-state index contributed by atoms with van der Waals surface area (Å²) in [5.41, 5.74) is 4.34. The van der Waals surface area contributed by atoms with Gasteiger partial charge >= 0.3 is 6.09 Å². The van der Waals surface area contributed by atoms with Crippen LogP contribution in [0.1, 0.15) is 31.0 Å². The highest BCUT2D eigenvalue weighted by Crippen LogP contribution is 2.39. The number of piperidine rings is 1. The molecule has 1 amide bonds. The van der Waals surface area contributed by atoms with Crippen LogP contribution in [0.3, 0.4) is 0 Å². The Morgan fingerprint density at radius 3 is 2.68 bits per heavy atom. The SMILES string of the molecule is CCOC(=O)N1CCC2(CC1)OCc1cc(-c3ccc4cnc(C)cc4c3)ccc1O2. The molecular weight excluding hydrogens is 392 g/mol. The van der Waals surface area contributed by atoms with Gasteiger partial charge in [0, 0.05) is 48.8 Å². The Balaban J connectivity index is 1.34. The summed E-state index contributed by atoms with van der Waals surface area (Å²) in [6, 6.07) is 14.8. The molecule has 2 aromatic carbocycles. The molecule has 0 saturated carbocycles. The lowest BCUT2D eigenvalue weighted by Crippen LogP contribution is -2.52. The summed E-state index contributed by atoms with van der Waals surface area (Å²) in [7, 11) is 0. The van der Waals surface area contributed by atoms with Gasteiger partial charge < -0.3 is 19.1 Å². The van der Waals surface area contributed by atoms with Gasteiger partial charge in [-0.05, 0) is 54.6 Å². The Morgan fingerprint density at radius 1 is 1.10 bits per heavy atom. The minimum atomic E-state index is -0.662. The van der Waals surface area contributed by atoms with Crippen LogP contribution in [-0.4, -0.2) is 41.5 Å². The van der Waals surface area contributed by atoms with Gasteiger partial charge in [-0.25, -0.2) is 4.79 Å². The molecule has 5 rings (SSSR count). The van der Waals surface area contributed by atoms with Gasteiger partial charge in [0.05, 0.1) is 13.2 Å². The van der Waals surface area contributed by atoms with Crippen molar-refractivity contribution in [2.45, 2.75) is 39.1 Å². The molecule has 0 bridgehead atoms. The summed E-state index contributed by atoms with van der Waals surface area (Å²) in [5.74, 6) is 0.200. The molecule has 0 N–H and O–H groups in total. The van der Waals surface area contributed by atoms with Crippen LogP contribution in [0.2, 0.25) is 0 Å². The molecule has 0 unspecified atom stereocenters. The second-order valence-electron chi connectivity index (χ2n) is 8.20. The fourth-order valence-electron chi connectivity index (χ4n) is 4.33. The van der Waals surface area contributed by atoms with Crippen molar-refractivity contribution in [1.29, 1.82) is 0 Å². The molecule has 2 aliphatic rings. The van der Waals surface area contributed by atoms with Gasteiger partial charge in [-0.2, -0.15) is 0 Å². The van der Waals surface area contributed by atoms with Crippen molar-refractivity contribution in [3.05, 3.63) is 59.9 Å². The van der Waals surface area contributed by atoms with Crippen molar-refractivity contribution >= 4 is 16.9 Å². The van der Waals surface area contributed by atoms with Gasteiger partial charge in [-0.3, -0.25) is 4.98 Å². The van der Waals surface area contributed by atoms with E-state index in [0.29, 0.717) is 39.1 Å². The number of pyridine rings is 1. The minimum absolute atomic E-state index is 0.264. The lowest BCUT2D eigenvalue weighted by Gasteiger charge is -2.43. The summed E-state index contributed by atoms with van der Waals surface area (Å²) in [4.78, 5) is 18.0. The smallest absolute Gasteiger partial charge is 0.409 e. The van der Waals surface area contributed by atoms with Crippen LogP contribution >= 0.6 is 0 Å². The number of ether oxygens (including phenoxy) is 3. The highest BCUT2D eigenvalue weighted by molar-refractivity contribution is 5.87. The van der Waals surface area contributed by atoms with E-state index in [1.165, 1.54) is 5.39 Å². The number of nitrogens with zero attached hydrogens (tertiary/aromatic N) is 2. The molecule has 3 aromatic rings. The van der Waals surface area contributed by atoms with Crippen molar-refractivity contribution in [2.75, 3.05) is 19.7 Å². The molecule has 31 heavy (non-hydrogen) atoms. The number of benzene rings is 2. The molecule has 0 aliphatic carbocycles. The highest BCUT2D eigenvalue weighted by atomic mass is 16.7. The third-order valence-electron chi connectivity index (χ3n) is 6.09. The number of rotatable bonds is 2. The zero-order valence-corrected chi connectivity index (χ0v) is 17.9. The third-order valence-corrected chi connectivity index (χ3v) is 6.09. The van der Waals surface area contributed by atoms with Crippen molar-refractivity contribution in [3.8, 4) is 16.9 Å². The second kappa shape index (κ2) is 7.85. The van der Waals surface area contributed by atoms with E-state index >= 15 is 0 Å². The molecule has 0 radical (unpaired) electrons. The number of fused-ring (bicyclic) bond motifs is 2. The summed E-state index contributed by atoms with van der Waals surface area (Å²) in [6.07, 6.45) is 2.91. The first kappa shape index (κ1) is 19.8. The Bertz CT molecular complexity index is 1140. The third kappa shape index (κ3) is 3.83. The zero-order valence-electron chi connectivity index (χ0n) is 17.9. The van der Waals surface area contributed by atoms with Gasteiger partial charge in [0.2, 0.25) is 5.79 Å².